The summed E-state index contributed by atoms with van der Waals surface area (Å²) in [5.41, 5.74) is 2.48. The molecule has 1 aliphatic carbocycles. The number of carbonyl (C=O) groups is 1. The molecule has 7 heteroatoms. The van der Waals surface area contributed by atoms with Gasteiger partial charge in [-0.3, -0.25) is 9.59 Å². The van der Waals surface area contributed by atoms with E-state index in [1.165, 1.54) is 4.68 Å². The van der Waals surface area contributed by atoms with Gasteiger partial charge >= 0.3 is 0 Å². The van der Waals surface area contributed by atoms with Crippen LogP contribution in [0.15, 0.2) is 29.2 Å². The molecular formula is C19H24N4O3. The van der Waals surface area contributed by atoms with Crippen LogP contribution in [0.3, 0.4) is 0 Å². The minimum Gasteiger partial charge on any atom is -0.475 e. The molecule has 1 atom stereocenters. The number of amides is 1. The zero-order chi connectivity index (χ0) is 18.7. The molecule has 1 N–H and O–H groups in total. The van der Waals surface area contributed by atoms with Crippen molar-refractivity contribution in [1.82, 2.24) is 20.1 Å². The maximum atomic E-state index is 12.5. The molecule has 2 aromatic rings. The fourth-order valence-electron chi connectivity index (χ4n) is 3.02. The van der Waals surface area contributed by atoms with Gasteiger partial charge < -0.3 is 10.1 Å². The zero-order valence-corrected chi connectivity index (χ0v) is 15.4. The molecular weight excluding hydrogens is 332 g/mol. The molecule has 0 saturated heterocycles. The van der Waals surface area contributed by atoms with Gasteiger partial charge in [0.05, 0.1) is 11.8 Å². The molecule has 0 fully saturated rings. The normalized spacial score (nSPS) is 14.2. The average Bonchev–Trinajstić information content (AvgIpc) is 3.06. The van der Waals surface area contributed by atoms with E-state index in [1.807, 2.05) is 19.9 Å². The van der Waals surface area contributed by atoms with Gasteiger partial charge in [0.15, 0.2) is 0 Å². The SMILES string of the molecule is CC(C)Oc1ncccc1CNC(=O)C(C)n1nc2c(cc1=O)CCC2. The first-order valence-electron chi connectivity index (χ1n) is 8.95. The lowest BCUT2D eigenvalue weighted by atomic mass is 10.2. The van der Waals surface area contributed by atoms with Gasteiger partial charge in [-0.05, 0) is 51.7 Å². The lowest BCUT2D eigenvalue weighted by Crippen LogP contribution is -2.37. The second-order valence-electron chi connectivity index (χ2n) is 6.78. The predicted molar refractivity (Wildman–Crippen MR) is 97.1 cm³/mol. The Balaban J connectivity index is 1.70. The summed E-state index contributed by atoms with van der Waals surface area (Å²) < 4.78 is 6.93. The van der Waals surface area contributed by atoms with Crippen molar-refractivity contribution >= 4 is 5.91 Å². The number of aryl methyl sites for hydroxylation is 2. The summed E-state index contributed by atoms with van der Waals surface area (Å²) in [6, 6.07) is 4.58. The molecule has 1 unspecified atom stereocenters. The highest BCUT2D eigenvalue weighted by Crippen LogP contribution is 2.18. The van der Waals surface area contributed by atoms with E-state index >= 15 is 0 Å². The number of carbonyl (C=O) groups excluding carboxylic acids is 1. The summed E-state index contributed by atoms with van der Waals surface area (Å²) in [6.45, 7) is 5.80. The summed E-state index contributed by atoms with van der Waals surface area (Å²) in [4.78, 5) is 29.0. The van der Waals surface area contributed by atoms with Gasteiger partial charge in [-0.25, -0.2) is 9.67 Å². The Hall–Kier alpha value is -2.70. The van der Waals surface area contributed by atoms with E-state index in [0.29, 0.717) is 5.88 Å². The summed E-state index contributed by atoms with van der Waals surface area (Å²) in [6.07, 6.45) is 4.40. The molecule has 1 aliphatic rings. The molecule has 2 aromatic heterocycles. The quantitative estimate of drug-likeness (QED) is 0.853. The number of aromatic nitrogens is 3. The number of nitrogens with one attached hydrogen (secondary N) is 1. The molecule has 0 radical (unpaired) electrons. The zero-order valence-electron chi connectivity index (χ0n) is 15.4. The molecule has 0 bridgehead atoms. The van der Waals surface area contributed by atoms with Crippen LogP contribution in [0, 0.1) is 0 Å². The largest absolute Gasteiger partial charge is 0.475 e. The third-order valence-corrected chi connectivity index (χ3v) is 4.38. The molecule has 0 spiro atoms. The van der Waals surface area contributed by atoms with Crippen molar-refractivity contribution in [1.29, 1.82) is 0 Å². The van der Waals surface area contributed by atoms with Crippen molar-refractivity contribution in [2.75, 3.05) is 0 Å². The highest BCUT2D eigenvalue weighted by molar-refractivity contribution is 5.79. The Morgan fingerprint density at radius 1 is 1.35 bits per heavy atom. The van der Waals surface area contributed by atoms with Crippen molar-refractivity contribution in [2.45, 2.75) is 58.7 Å². The van der Waals surface area contributed by atoms with Crippen LogP contribution >= 0.6 is 0 Å². The van der Waals surface area contributed by atoms with E-state index in [9.17, 15) is 9.59 Å². The number of fused-ring (bicyclic) bond motifs is 1. The Morgan fingerprint density at radius 3 is 2.92 bits per heavy atom. The number of rotatable bonds is 6. The minimum atomic E-state index is -0.681. The van der Waals surface area contributed by atoms with Gasteiger partial charge in [0.25, 0.3) is 5.56 Å². The summed E-state index contributed by atoms with van der Waals surface area (Å²) in [5, 5.41) is 7.24. The number of hydrogen-bond donors (Lipinski definition) is 1. The molecule has 2 heterocycles. The fourth-order valence-corrected chi connectivity index (χ4v) is 3.02. The van der Waals surface area contributed by atoms with Crippen molar-refractivity contribution in [3.8, 4) is 5.88 Å². The molecule has 0 aliphatic heterocycles. The Kier molecular flexibility index (Phi) is 5.35. The van der Waals surface area contributed by atoms with E-state index < -0.39 is 6.04 Å². The van der Waals surface area contributed by atoms with E-state index in [2.05, 4.69) is 15.4 Å². The summed E-state index contributed by atoms with van der Waals surface area (Å²) in [5.74, 6) is 0.236. The summed E-state index contributed by atoms with van der Waals surface area (Å²) >= 11 is 0. The number of hydrogen-bond acceptors (Lipinski definition) is 5. The lowest BCUT2D eigenvalue weighted by molar-refractivity contribution is -0.124. The third-order valence-electron chi connectivity index (χ3n) is 4.38. The fraction of sp³-hybridized carbons (Fsp3) is 0.474. The smallest absolute Gasteiger partial charge is 0.267 e. The summed E-state index contributed by atoms with van der Waals surface area (Å²) in [7, 11) is 0. The lowest BCUT2D eigenvalue weighted by Gasteiger charge is -2.16. The van der Waals surface area contributed by atoms with Crippen LogP contribution in [0.1, 0.15) is 50.1 Å². The molecule has 7 nitrogen and oxygen atoms in total. The number of pyridine rings is 1. The van der Waals surface area contributed by atoms with Gasteiger partial charge in [0, 0.05) is 24.4 Å². The van der Waals surface area contributed by atoms with Crippen LogP contribution in [0.5, 0.6) is 5.88 Å². The molecule has 0 saturated carbocycles. The van der Waals surface area contributed by atoms with Crippen molar-refractivity contribution < 1.29 is 9.53 Å². The third kappa shape index (κ3) is 3.92. The monoisotopic (exact) mass is 356 g/mol. The van der Waals surface area contributed by atoms with Gasteiger partial charge in [0.1, 0.15) is 6.04 Å². The molecule has 26 heavy (non-hydrogen) atoms. The van der Waals surface area contributed by atoms with Crippen molar-refractivity contribution in [3.63, 3.8) is 0 Å². The van der Waals surface area contributed by atoms with E-state index in [0.717, 1.165) is 36.1 Å². The maximum absolute atomic E-state index is 12.5. The first-order chi connectivity index (χ1) is 12.5. The highest BCUT2D eigenvalue weighted by Gasteiger charge is 2.21. The van der Waals surface area contributed by atoms with E-state index in [-0.39, 0.29) is 24.1 Å². The topological polar surface area (TPSA) is 86.1 Å². The van der Waals surface area contributed by atoms with Crippen LogP contribution in [0.2, 0.25) is 0 Å². The van der Waals surface area contributed by atoms with E-state index in [1.54, 1.807) is 25.3 Å². The van der Waals surface area contributed by atoms with Crippen LogP contribution in [-0.4, -0.2) is 26.8 Å². The minimum absolute atomic E-state index is 0.00698. The van der Waals surface area contributed by atoms with Crippen molar-refractivity contribution in [3.05, 3.63) is 51.6 Å². The Morgan fingerprint density at radius 2 is 2.15 bits per heavy atom. The second-order valence-corrected chi connectivity index (χ2v) is 6.78. The van der Waals surface area contributed by atoms with Gasteiger partial charge in [0.2, 0.25) is 11.8 Å². The second kappa shape index (κ2) is 7.68. The van der Waals surface area contributed by atoms with Crippen LogP contribution in [0.4, 0.5) is 0 Å². The van der Waals surface area contributed by atoms with Crippen LogP contribution < -0.4 is 15.6 Å². The van der Waals surface area contributed by atoms with Crippen molar-refractivity contribution in [2.24, 2.45) is 0 Å². The molecule has 3 rings (SSSR count). The standard InChI is InChI=1S/C19H24N4O3/c1-12(2)26-19-15(7-5-9-20-19)11-21-18(25)13(3)23-17(24)10-14-6-4-8-16(14)22-23/h5,7,9-10,12-13H,4,6,8,11H2,1-3H3,(H,21,25). The predicted octanol–water partition coefficient (Wildman–Crippen LogP) is 1.79. The van der Waals surface area contributed by atoms with Crippen LogP contribution in [-0.2, 0) is 24.2 Å². The van der Waals surface area contributed by atoms with Gasteiger partial charge in [-0.15, -0.1) is 0 Å². The van der Waals surface area contributed by atoms with E-state index in [4.69, 9.17) is 4.74 Å². The average molecular weight is 356 g/mol. The molecule has 1 amide bonds. The molecule has 138 valence electrons. The van der Waals surface area contributed by atoms with Gasteiger partial charge in [-0.1, -0.05) is 6.07 Å². The maximum Gasteiger partial charge on any atom is 0.267 e. The Labute approximate surface area is 152 Å². The first kappa shape index (κ1) is 18.1. The Bertz CT molecular complexity index is 860. The highest BCUT2D eigenvalue weighted by atomic mass is 16.5. The number of nitrogens with zero attached hydrogens (tertiary/aromatic N) is 3. The number of ether oxygens (including phenoxy) is 1. The first-order valence-corrected chi connectivity index (χ1v) is 8.95. The molecule has 0 aromatic carbocycles. The van der Waals surface area contributed by atoms with Crippen LogP contribution in [0.25, 0.3) is 0 Å². The van der Waals surface area contributed by atoms with Gasteiger partial charge in [-0.2, -0.15) is 5.10 Å².